The number of amides is 1. The van der Waals surface area contributed by atoms with Gasteiger partial charge in [-0.3, -0.25) is 4.79 Å². The molecule has 0 radical (unpaired) electrons. The van der Waals surface area contributed by atoms with Gasteiger partial charge in [-0.25, -0.2) is 0 Å². The number of rotatable bonds is 2. The molecule has 1 saturated heterocycles. The van der Waals surface area contributed by atoms with Crippen LogP contribution in [0.15, 0.2) is 24.3 Å². The van der Waals surface area contributed by atoms with Gasteiger partial charge in [-0.2, -0.15) is 0 Å². The summed E-state index contributed by atoms with van der Waals surface area (Å²) in [7, 11) is 0. The minimum absolute atomic E-state index is 0.233. The van der Waals surface area contributed by atoms with Gasteiger partial charge in [0.2, 0.25) is 5.91 Å². The van der Waals surface area contributed by atoms with Crippen LogP contribution < -0.4 is 0 Å². The second kappa shape index (κ2) is 5.45. The van der Waals surface area contributed by atoms with Crippen LogP contribution in [0.3, 0.4) is 0 Å². The lowest BCUT2D eigenvalue weighted by Gasteiger charge is -2.37. The molecule has 1 heterocycles. The molecular formula is C18H25NO2. The van der Waals surface area contributed by atoms with Crippen molar-refractivity contribution in [3.05, 3.63) is 35.4 Å². The van der Waals surface area contributed by atoms with E-state index in [1.54, 1.807) is 0 Å². The second-order valence-electron chi connectivity index (χ2n) is 6.88. The van der Waals surface area contributed by atoms with Crippen molar-refractivity contribution in [3.63, 3.8) is 0 Å². The molecular weight excluding hydrogens is 262 g/mol. The Bertz CT molecular complexity index is 540. The highest BCUT2D eigenvalue weighted by atomic mass is 16.3. The normalized spacial score (nSPS) is 30.0. The highest BCUT2D eigenvalue weighted by molar-refractivity contribution is 5.88. The number of aliphatic hydroxyl groups excluding tert-OH is 1. The van der Waals surface area contributed by atoms with E-state index >= 15 is 0 Å². The van der Waals surface area contributed by atoms with E-state index in [0.29, 0.717) is 6.54 Å². The molecule has 3 heteroatoms. The van der Waals surface area contributed by atoms with E-state index in [1.165, 1.54) is 11.1 Å². The van der Waals surface area contributed by atoms with Crippen LogP contribution in [0.25, 0.3) is 0 Å². The lowest BCUT2D eigenvalue weighted by atomic mass is 9.70. The zero-order valence-corrected chi connectivity index (χ0v) is 13.0. The van der Waals surface area contributed by atoms with E-state index < -0.39 is 0 Å². The summed E-state index contributed by atoms with van der Waals surface area (Å²) in [6.07, 6.45) is 3.68. The Balaban J connectivity index is 1.85. The molecule has 1 aromatic carbocycles. The number of fused-ring (bicyclic) bond motifs is 1. The Kier molecular flexibility index (Phi) is 3.78. The first-order valence-corrected chi connectivity index (χ1v) is 8.08. The molecule has 2 aliphatic rings. The second-order valence-corrected chi connectivity index (χ2v) is 6.88. The molecule has 1 aliphatic heterocycles. The fraction of sp³-hybridized carbons (Fsp3) is 0.611. The number of carbonyl (C=O) groups is 1. The first kappa shape index (κ1) is 14.6. The molecule has 0 saturated carbocycles. The minimum Gasteiger partial charge on any atom is -0.393 e. The Morgan fingerprint density at radius 2 is 2.19 bits per heavy atom. The van der Waals surface area contributed by atoms with Gasteiger partial charge in [0.05, 0.1) is 11.5 Å². The van der Waals surface area contributed by atoms with E-state index in [2.05, 4.69) is 25.1 Å². The van der Waals surface area contributed by atoms with Gasteiger partial charge < -0.3 is 10.0 Å². The molecule has 114 valence electrons. The van der Waals surface area contributed by atoms with Gasteiger partial charge in [-0.05, 0) is 50.7 Å². The predicted octanol–water partition coefficient (Wildman–Crippen LogP) is 2.51. The number of likely N-dealkylation sites (tertiary alicyclic amines) is 1. The molecule has 21 heavy (non-hydrogen) atoms. The van der Waals surface area contributed by atoms with Gasteiger partial charge in [0.25, 0.3) is 0 Å². The van der Waals surface area contributed by atoms with Crippen LogP contribution in [0, 0.1) is 5.92 Å². The van der Waals surface area contributed by atoms with E-state index in [1.807, 2.05) is 17.9 Å². The zero-order chi connectivity index (χ0) is 15.0. The number of nitrogens with zero attached hydrogens (tertiary/aromatic N) is 1. The lowest BCUT2D eigenvalue weighted by Crippen LogP contribution is -2.46. The third-order valence-electron chi connectivity index (χ3n) is 5.40. The van der Waals surface area contributed by atoms with Crippen molar-refractivity contribution in [2.75, 3.05) is 13.1 Å². The maximum atomic E-state index is 13.1. The van der Waals surface area contributed by atoms with Crippen LogP contribution in [0.5, 0.6) is 0 Å². The van der Waals surface area contributed by atoms with E-state index in [4.69, 9.17) is 0 Å². The summed E-state index contributed by atoms with van der Waals surface area (Å²) in [5, 5.41) is 9.75. The summed E-state index contributed by atoms with van der Waals surface area (Å²) in [5.74, 6) is 0.481. The Labute approximate surface area is 127 Å². The summed E-state index contributed by atoms with van der Waals surface area (Å²) >= 11 is 0. The summed E-state index contributed by atoms with van der Waals surface area (Å²) in [6.45, 7) is 5.42. The SMILES string of the molecule is CC(O)C1CCN(C(=O)C2(C)CCCc3ccccc32)C1. The third-order valence-corrected chi connectivity index (χ3v) is 5.40. The molecule has 0 bridgehead atoms. The quantitative estimate of drug-likeness (QED) is 0.908. The summed E-state index contributed by atoms with van der Waals surface area (Å²) in [4.78, 5) is 15.1. The number of hydrogen-bond acceptors (Lipinski definition) is 2. The highest BCUT2D eigenvalue weighted by Gasteiger charge is 2.43. The van der Waals surface area contributed by atoms with Gasteiger partial charge in [0.15, 0.2) is 0 Å². The number of aryl methyl sites for hydroxylation is 1. The third kappa shape index (κ3) is 2.48. The Morgan fingerprint density at radius 3 is 2.90 bits per heavy atom. The summed E-state index contributed by atoms with van der Waals surface area (Å²) in [5.41, 5.74) is 2.15. The predicted molar refractivity (Wildman–Crippen MR) is 83.1 cm³/mol. The maximum absolute atomic E-state index is 13.1. The number of aliphatic hydroxyl groups is 1. The molecule has 3 nitrogen and oxygen atoms in total. The van der Waals surface area contributed by atoms with Gasteiger partial charge in [-0.1, -0.05) is 24.3 Å². The van der Waals surface area contributed by atoms with E-state index in [0.717, 1.165) is 32.2 Å². The fourth-order valence-electron chi connectivity index (χ4n) is 3.98. The van der Waals surface area contributed by atoms with Gasteiger partial charge in [-0.15, -0.1) is 0 Å². The average Bonchev–Trinajstić information content (AvgIpc) is 2.97. The largest absolute Gasteiger partial charge is 0.393 e. The summed E-state index contributed by atoms with van der Waals surface area (Å²) in [6, 6.07) is 8.38. The van der Waals surface area contributed by atoms with Crippen LogP contribution in [-0.2, 0) is 16.6 Å². The zero-order valence-electron chi connectivity index (χ0n) is 13.0. The topological polar surface area (TPSA) is 40.5 Å². The minimum atomic E-state index is -0.386. The van der Waals surface area contributed by atoms with Crippen LogP contribution in [0.2, 0.25) is 0 Å². The first-order valence-electron chi connectivity index (χ1n) is 8.08. The van der Waals surface area contributed by atoms with Gasteiger partial charge in [0, 0.05) is 19.0 Å². The van der Waals surface area contributed by atoms with Crippen molar-refractivity contribution in [2.24, 2.45) is 5.92 Å². The molecule has 0 spiro atoms. The smallest absolute Gasteiger partial charge is 0.232 e. The van der Waals surface area contributed by atoms with Gasteiger partial charge in [0.1, 0.15) is 0 Å². The van der Waals surface area contributed by atoms with Crippen LogP contribution >= 0.6 is 0 Å². The first-order chi connectivity index (χ1) is 10.0. The average molecular weight is 287 g/mol. The molecule has 1 amide bonds. The Hall–Kier alpha value is -1.35. The van der Waals surface area contributed by atoms with Crippen molar-refractivity contribution < 1.29 is 9.90 Å². The van der Waals surface area contributed by atoms with Crippen LogP contribution in [0.4, 0.5) is 0 Å². The van der Waals surface area contributed by atoms with Crippen LogP contribution in [0.1, 0.15) is 44.2 Å². The molecule has 1 aliphatic carbocycles. The standard InChI is InChI=1S/C18H25NO2/c1-13(20)15-9-11-19(12-15)17(21)18(2)10-5-7-14-6-3-4-8-16(14)18/h3-4,6,8,13,15,20H,5,7,9-12H2,1-2H3. The monoisotopic (exact) mass is 287 g/mol. The van der Waals surface area contributed by atoms with Crippen molar-refractivity contribution in [1.82, 2.24) is 4.90 Å². The van der Waals surface area contributed by atoms with Gasteiger partial charge >= 0.3 is 0 Å². The Morgan fingerprint density at radius 1 is 1.43 bits per heavy atom. The van der Waals surface area contributed by atoms with Crippen molar-refractivity contribution in [3.8, 4) is 0 Å². The molecule has 3 rings (SSSR count). The molecule has 3 unspecified atom stereocenters. The highest BCUT2D eigenvalue weighted by Crippen LogP contribution is 2.39. The van der Waals surface area contributed by atoms with Crippen molar-refractivity contribution in [2.45, 2.75) is 51.0 Å². The number of benzene rings is 1. The maximum Gasteiger partial charge on any atom is 0.232 e. The number of carbonyl (C=O) groups excluding carboxylic acids is 1. The number of hydrogen-bond donors (Lipinski definition) is 1. The van der Waals surface area contributed by atoms with E-state index in [-0.39, 0.29) is 23.3 Å². The molecule has 1 fully saturated rings. The van der Waals surface area contributed by atoms with E-state index in [9.17, 15) is 9.90 Å². The lowest BCUT2D eigenvalue weighted by molar-refractivity contribution is -0.136. The molecule has 1 N–H and O–H groups in total. The van der Waals surface area contributed by atoms with Crippen molar-refractivity contribution in [1.29, 1.82) is 0 Å². The fourth-order valence-corrected chi connectivity index (χ4v) is 3.98. The summed E-state index contributed by atoms with van der Waals surface area (Å²) < 4.78 is 0. The van der Waals surface area contributed by atoms with Crippen LogP contribution in [-0.4, -0.2) is 35.1 Å². The molecule has 0 aromatic heterocycles. The molecule has 1 aromatic rings. The molecule has 3 atom stereocenters. The van der Waals surface area contributed by atoms with Crippen molar-refractivity contribution >= 4 is 5.91 Å².